The smallest absolute Gasteiger partial charge is 0.220 e. The fourth-order valence-electron chi connectivity index (χ4n) is 2.16. The van der Waals surface area contributed by atoms with Crippen LogP contribution in [-0.4, -0.2) is 11.7 Å². The number of halogens is 2. The van der Waals surface area contributed by atoms with Crippen LogP contribution in [0.4, 0.5) is 4.39 Å². The van der Waals surface area contributed by atoms with E-state index in [2.05, 4.69) is 5.32 Å². The molecule has 5 heteroatoms. The van der Waals surface area contributed by atoms with Gasteiger partial charge in [-0.05, 0) is 48.9 Å². The first-order chi connectivity index (χ1) is 11.0. The molecule has 23 heavy (non-hydrogen) atoms. The first-order valence-electron chi connectivity index (χ1n) is 7.29. The van der Waals surface area contributed by atoms with Crippen LogP contribution < -0.4 is 5.32 Å². The molecule has 0 spiro atoms. The summed E-state index contributed by atoms with van der Waals surface area (Å²) in [6, 6.07) is 12.4. The van der Waals surface area contributed by atoms with Crippen LogP contribution in [0.1, 0.15) is 41.7 Å². The van der Waals surface area contributed by atoms with E-state index in [9.17, 15) is 14.0 Å². The summed E-state index contributed by atoms with van der Waals surface area (Å²) in [7, 11) is 0. The molecule has 1 atom stereocenters. The monoisotopic (exact) mass is 333 g/mol. The van der Waals surface area contributed by atoms with Crippen molar-refractivity contribution in [1.29, 1.82) is 0 Å². The number of benzene rings is 2. The molecule has 0 aliphatic heterocycles. The molecule has 0 aliphatic rings. The molecule has 0 bridgehead atoms. The van der Waals surface area contributed by atoms with Crippen LogP contribution in [0.15, 0.2) is 48.5 Å². The molecular formula is C18H17ClFNO2. The van der Waals surface area contributed by atoms with Crippen molar-refractivity contribution in [3.8, 4) is 0 Å². The van der Waals surface area contributed by atoms with E-state index in [0.717, 1.165) is 5.56 Å². The van der Waals surface area contributed by atoms with Crippen LogP contribution >= 0.6 is 11.6 Å². The van der Waals surface area contributed by atoms with E-state index in [1.165, 1.54) is 24.3 Å². The van der Waals surface area contributed by atoms with Gasteiger partial charge in [-0.15, -0.1) is 0 Å². The van der Waals surface area contributed by atoms with E-state index >= 15 is 0 Å². The Hall–Kier alpha value is -2.20. The Morgan fingerprint density at radius 1 is 1.04 bits per heavy atom. The highest BCUT2D eigenvalue weighted by Gasteiger charge is 2.12. The third kappa shape index (κ3) is 5.18. The topological polar surface area (TPSA) is 46.2 Å². The quantitative estimate of drug-likeness (QED) is 0.800. The molecule has 0 unspecified atom stereocenters. The van der Waals surface area contributed by atoms with Crippen molar-refractivity contribution in [3.05, 3.63) is 70.5 Å². The van der Waals surface area contributed by atoms with E-state index in [1.807, 2.05) is 19.1 Å². The average Bonchev–Trinajstić information content (AvgIpc) is 2.54. The second-order valence-electron chi connectivity index (χ2n) is 5.27. The fourth-order valence-corrected chi connectivity index (χ4v) is 2.28. The minimum Gasteiger partial charge on any atom is -0.350 e. The van der Waals surface area contributed by atoms with Gasteiger partial charge in [-0.25, -0.2) is 4.39 Å². The maximum absolute atomic E-state index is 12.8. The largest absolute Gasteiger partial charge is 0.350 e. The molecule has 0 aliphatic carbocycles. The highest BCUT2D eigenvalue weighted by atomic mass is 35.5. The van der Waals surface area contributed by atoms with Crippen molar-refractivity contribution in [1.82, 2.24) is 5.32 Å². The Labute approximate surface area is 139 Å². The Balaban J connectivity index is 1.83. The molecular weight excluding hydrogens is 317 g/mol. The molecule has 2 aromatic carbocycles. The van der Waals surface area contributed by atoms with Crippen molar-refractivity contribution >= 4 is 23.3 Å². The zero-order valence-electron chi connectivity index (χ0n) is 12.7. The number of carbonyl (C=O) groups excluding carboxylic acids is 2. The van der Waals surface area contributed by atoms with Gasteiger partial charge in [0.2, 0.25) is 5.91 Å². The van der Waals surface area contributed by atoms with Crippen LogP contribution in [-0.2, 0) is 4.79 Å². The third-order valence-electron chi connectivity index (χ3n) is 3.49. The number of carbonyl (C=O) groups is 2. The van der Waals surface area contributed by atoms with Crippen LogP contribution in [0.25, 0.3) is 0 Å². The summed E-state index contributed by atoms with van der Waals surface area (Å²) in [5, 5.41) is 3.47. The maximum atomic E-state index is 12.8. The molecule has 0 aromatic heterocycles. The van der Waals surface area contributed by atoms with Crippen molar-refractivity contribution in [2.45, 2.75) is 25.8 Å². The lowest BCUT2D eigenvalue weighted by atomic mass is 10.1. The second-order valence-corrected chi connectivity index (χ2v) is 5.71. The van der Waals surface area contributed by atoms with Crippen molar-refractivity contribution in [2.75, 3.05) is 0 Å². The fraction of sp³-hybridized carbons (Fsp3) is 0.222. The highest BCUT2D eigenvalue weighted by molar-refractivity contribution is 6.30. The average molecular weight is 334 g/mol. The number of hydrogen-bond donors (Lipinski definition) is 1. The van der Waals surface area contributed by atoms with Crippen molar-refractivity contribution in [2.24, 2.45) is 0 Å². The van der Waals surface area contributed by atoms with Gasteiger partial charge in [0.1, 0.15) is 5.82 Å². The summed E-state index contributed by atoms with van der Waals surface area (Å²) in [5.41, 5.74) is 1.34. The molecule has 120 valence electrons. The standard InChI is InChI=1S/C18H17ClFNO2/c1-12(13-2-6-15(19)7-3-13)21-18(23)11-10-17(22)14-4-8-16(20)9-5-14/h2-9,12H,10-11H2,1H3,(H,21,23)/t12-/m1/s1. The van der Waals surface area contributed by atoms with Crippen molar-refractivity contribution in [3.63, 3.8) is 0 Å². The van der Waals surface area contributed by atoms with Crippen LogP contribution in [0.3, 0.4) is 0 Å². The van der Waals surface area contributed by atoms with Gasteiger partial charge in [-0.2, -0.15) is 0 Å². The van der Waals surface area contributed by atoms with Crippen LogP contribution in [0, 0.1) is 5.82 Å². The van der Waals surface area contributed by atoms with Crippen LogP contribution in [0.2, 0.25) is 5.02 Å². The summed E-state index contributed by atoms with van der Waals surface area (Å²) in [5.74, 6) is -0.779. The molecule has 2 rings (SSSR count). The molecule has 0 fully saturated rings. The number of Topliss-reactive ketones (excluding diaryl/α,β-unsaturated/α-hetero) is 1. The first kappa shape index (κ1) is 17.2. The van der Waals surface area contributed by atoms with Gasteiger partial charge in [0.05, 0.1) is 6.04 Å². The zero-order valence-corrected chi connectivity index (χ0v) is 13.4. The maximum Gasteiger partial charge on any atom is 0.220 e. The Morgan fingerprint density at radius 3 is 2.26 bits per heavy atom. The summed E-state index contributed by atoms with van der Waals surface area (Å²) in [6.45, 7) is 1.86. The van der Waals surface area contributed by atoms with Crippen LogP contribution in [0.5, 0.6) is 0 Å². The van der Waals surface area contributed by atoms with Gasteiger partial charge in [-0.3, -0.25) is 9.59 Å². The normalized spacial score (nSPS) is 11.8. The van der Waals surface area contributed by atoms with E-state index in [0.29, 0.717) is 10.6 Å². The molecule has 3 nitrogen and oxygen atoms in total. The number of ketones is 1. The van der Waals surface area contributed by atoms with Gasteiger partial charge in [-0.1, -0.05) is 23.7 Å². The Morgan fingerprint density at radius 2 is 1.65 bits per heavy atom. The SMILES string of the molecule is C[C@@H](NC(=O)CCC(=O)c1ccc(F)cc1)c1ccc(Cl)cc1. The van der Waals surface area contributed by atoms with E-state index < -0.39 is 5.82 Å². The predicted molar refractivity (Wildman–Crippen MR) is 88.0 cm³/mol. The number of hydrogen-bond acceptors (Lipinski definition) is 2. The van der Waals surface area contributed by atoms with Gasteiger partial charge in [0.15, 0.2) is 5.78 Å². The minimum atomic E-state index is -0.393. The summed E-state index contributed by atoms with van der Waals surface area (Å²) in [4.78, 5) is 23.9. The molecule has 0 saturated heterocycles. The minimum absolute atomic E-state index is 0.0881. The molecule has 0 radical (unpaired) electrons. The molecule has 2 aromatic rings. The summed E-state index contributed by atoms with van der Waals surface area (Å²) < 4.78 is 12.8. The van der Waals surface area contributed by atoms with Crippen molar-refractivity contribution < 1.29 is 14.0 Å². The van der Waals surface area contributed by atoms with E-state index in [4.69, 9.17) is 11.6 Å². The second kappa shape index (κ2) is 7.88. The predicted octanol–water partition coefficient (Wildman–Crippen LogP) is 4.32. The highest BCUT2D eigenvalue weighted by Crippen LogP contribution is 2.16. The van der Waals surface area contributed by atoms with Gasteiger partial charge < -0.3 is 5.32 Å². The lowest BCUT2D eigenvalue weighted by molar-refractivity contribution is -0.121. The summed E-state index contributed by atoms with van der Waals surface area (Å²) in [6.07, 6.45) is 0.180. The first-order valence-corrected chi connectivity index (χ1v) is 7.67. The lowest BCUT2D eigenvalue weighted by Crippen LogP contribution is -2.26. The number of rotatable bonds is 6. The number of amides is 1. The Bertz CT molecular complexity index is 683. The lowest BCUT2D eigenvalue weighted by Gasteiger charge is -2.14. The molecule has 0 saturated carbocycles. The third-order valence-corrected chi connectivity index (χ3v) is 3.74. The van der Waals surface area contributed by atoms with Gasteiger partial charge in [0.25, 0.3) is 0 Å². The van der Waals surface area contributed by atoms with E-state index in [-0.39, 0.29) is 30.6 Å². The molecule has 1 N–H and O–H groups in total. The Kier molecular flexibility index (Phi) is 5.88. The van der Waals surface area contributed by atoms with Gasteiger partial charge in [0, 0.05) is 23.4 Å². The summed E-state index contributed by atoms with van der Waals surface area (Å²) >= 11 is 5.83. The van der Waals surface area contributed by atoms with Gasteiger partial charge >= 0.3 is 0 Å². The zero-order chi connectivity index (χ0) is 16.8. The van der Waals surface area contributed by atoms with E-state index in [1.54, 1.807) is 12.1 Å². The molecule has 1 amide bonds. The number of nitrogens with one attached hydrogen (secondary N) is 1. The molecule has 0 heterocycles.